The molecule has 0 aliphatic rings. The molecule has 9 aromatic carbocycles. The van der Waals surface area contributed by atoms with Crippen LogP contribution >= 0.6 is 0 Å². The van der Waals surface area contributed by atoms with E-state index in [0.29, 0.717) is 5.89 Å². The molecule has 0 N–H and O–H groups in total. The van der Waals surface area contributed by atoms with E-state index in [2.05, 4.69) is 179 Å². The van der Waals surface area contributed by atoms with E-state index in [1.807, 2.05) is 42.5 Å². The van der Waals surface area contributed by atoms with Crippen molar-refractivity contribution in [3.05, 3.63) is 212 Å². The van der Waals surface area contributed by atoms with Gasteiger partial charge in [0.2, 0.25) is 5.89 Å². The highest BCUT2D eigenvalue weighted by molar-refractivity contribution is 6.17. The van der Waals surface area contributed by atoms with E-state index in [-0.39, 0.29) is 0 Å². The Kier molecular flexibility index (Phi) is 7.78. The normalized spacial score (nSPS) is 11.7. The molecule has 0 fully saturated rings. The van der Waals surface area contributed by atoms with Crippen LogP contribution in [0.3, 0.4) is 0 Å². The van der Waals surface area contributed by atoms with Crippen molar-refractivity contribution in [2.24, 2.45) is 0 Å². The van der Waals surface area contributed by atoms with Crippen molar-refractivity contribution >= 4 is 71.9 Å². The summed E-state index contributed by atoms with van der Waals surface area (Å²) in [7, 11) is 0. The van der Waals surface area contributed by atoms with Crippen LogP contribution < -0.4 is 4.90 Å². The fourth-order valence-corrected chi connectivity index (χ4v) is 8.83. The topological polar surface area (TPSA) is 47.3 Å². The zero-order valence-corrected chi connectivity index (χ0v) is 32.4. The molecular weight excluding hydrogens is 735 g/mol. The number of benzene rings is 9. The Morgan fingerprint density at radius 2 is 0.983 bits per heavy atom. The van der Waals surface area contributed by atoms with Crippen LogP contribution in [0.1, 0.15) is 0 Å². The molecule has 282 valence electrons. The third-order valence-electron chi connectivity index (χ3n) is 11.6. The lowest BCUT2D eigenvalue weighted by Gasteiger charge is -2.27. The largest absolute Gasteiger partial charge is 0.456 e. The van der Waals surface area contributed by atoms with Crippen LogP contribution in [0.2, 0.25) is 0 Å². The number of furan rings is 1. The van der Waals surface area contributed by atoms with Gasteiger partial charge in [-0.15, -0.1) is 0 Å². The summed E-state index contributed by atoms with van der Waals surface area (Å²) in [6.45, 7) is 0. The first-order valence-electron chi connectivity index (χ1n) is 20.2. The predicted octanol–water partition coefficient (Wildman–Crippen LogP) is 15.3. The smallest absolute Gasteiger partial charge is 0.227 e. The third-order valence-corrected chi connectivity index (χ3v) is 11.6. The molecule has 5 nitrogen and oxygen atoms in total. The van der Waals surface area contributed by atoms with Crippen molar-refractivity contribution in [1.29, 1.82) is 0 Å². The summed E-state index contributed by atoms with van der Waals surface area (Å²) < 4.78 is 15.1. The van der Waals surface area contributed by atoms with E-state index in [4.69, 9.17) is 13.8 Å². The number of nitrogens with zero attached hydrogens (tertiary/aromatic N) is 3. The van der Waals surface area contributed by atoms with Crippen LogP contribution in [0.15, 0.2) is 221 Å². The molecule has 3 heterocycles. The van der Waals surface area contributed by atoms with Gasteiger partial charge in [-0.25, -0.2) is 4.98 Å². The quantitative estimate of drug-likeness (QED) is 0.162. The summed E-state index contributed by atoms with van der Waals surface area (Å²) >= 11 is 0. The van der Waals surface area contributed by atoms with Crippen molar-refractivity contribution in [2.45, 2.75) is 0 Å². The van der Waals surface area contributed by atoms with Crippen molar-refractivity contribution in [2.75, 3.05) is 4.90 Å². The molecule has 0 radical (unpaired) electrons. The van der Waals surface area contributed by atoms with Gasteiger partial charge in [0.05, 0.1) is 22.1 Å². The van der Waals surface area contributed by atoms with Gasteiger partial charge < -0.3 is 18.3 Å². The lowest BCUT2D eigenvalue weighted by molar-refractivity contribution is 0.619. The van der Waals surface area contributed by atoms with Crippen molar-refractivity contribution in [3.8, 4) is 39.4 Å². The zero-order valence-electron chi connectivity index (χ0n) is 32.4. The Morgan fingerprint density at radius 3 is 1.72 bits per heavy atom. The maximum Gasteiger partial charge on any atom is 0.227 e. The maximum absolute atomic E-state index is 6.48. The molecule has 5 heteroatoms. The van der Waals surface area contributed by atoms with E-state index in [0.717, 1.165) is 78.0 Å². The molecule has 0 spiro atoms. The SMILES string of the molecule is c1ccc(-c2ccc(N(c3ccc(-c4ccc5c(c4)oc4ccc6oc(-c7ccccc7)nc6c45)cc3)c3cccc4c5ccccc5n(-c5ccccc5)c34)cc2)cc1. The minimum Gasteiger partial charge on any atom is -0.456 e. The second-order valence-electron chi connectivity index (χ2n) is 15.1. The summed E-state index contributed by atoms with van der Waals surface area (Å²) in [6.07, 6.45) is 0. The van der Waals surface area contributed by atoms with Crippen LogP contribution in [0, 0.1) is 0 Å². The summed E-state index contributed by atoms with van der Waals surface area (Å²) in [6, 6.07) is 74.7. The summed E-state index contributed by atoms with van der Waals surface area (Å²) in [5.74, 6) is 0.600. The Bertz CT molecular complexity index is 3510. The molecule has 12 rings (SSSR count). The Balaban J connectivity index is 0.987. The Morgan fingerprint density at radius 1 is 0.400 bits per heavy atom. The summed E-state index contributed by atoms with van der Waals surface area (Å²) in [5, 5.41) is 4.39. The number of anilines is 3. The standard InChI is InChI=1S/C55H35N3O2/c1-4-13-36(14-5-1)37-23-28-42(29-24-37)57(48-22-12-20-45-44-19-10-11-21-47(44)58(54(45)48)41-17-8-3-9-18-41)43-30-25-38(26-31-43)40-27-32-46-51(35-40)59-49-33-34-50-53(52(46)49)56-55(60-50)39-15-6-2-7-16-39/h1-35H. The van der Waals surface area contributed by atoms with Crippen LogP contribution in [0.25, 0.3) is 94.2 Å². The van der Waals surface area contributed by atoms with E-state index < -0.39 is 0 Å². The summed E-state index contributed by atoms with van der Waals surface area (Å²) in [5.41, 5.74) is 15.3. The van der Waals surface area contributed by atoms with Gasteiger partial charge in [0.15, 0.2) is 5.58 Å². The van der Waals surface area contributed by atoms with Gasteiger partial charge in [-0.3, -0.25) is 0 Å². The zero-order chi connectivity index (χ0) is 39.6. The number of aromatic nitrogens is 2. The molecule has 0 amide bonds. The first-order chi connectivity index (χ1) is 29.7. The number of oxazole rings is 1. The monoisotopic (exact) mass is 769 g/mol. The molecule has 0 atom stereocenters. The van der Waals surface area contributed by atoms with E-state index in [9.17, 15) is 0 Å². The van der Waals surface area contributed by atoms with Gasteiger partial charge in [-0.1, -0.05) is 127 Å². The molecule has 60 heavy (non-hydrogen) atoms. The molecule has 12 aromatic rings. The molecule has 0 aliphatic carbocycles. The van der Waals surface area contributed by atoms with Gasteiger partial charge in [0, 0.05) is 38.8 Å². The second-order valence-corrected chi connectivity index (χ2v) is 15.1. The van der Waals surface area contributed by atoms with E-state index >= 15 is 0 Å². The van der Waals surface area contributed by atoms with Crippen LogP contribution in [-0.2, 0) is 0 Å². The van der Waals surface area contributed by atoms with Crippen molar-refractivity contribution in [3.63, 3.8) is 0 Å². The Hall–Kier alpha value is -8.15. The van der Waals surface area contributed by atoms with Crippen LogP contribution in [0.4, 0.5) is 17.1 Å². The molecule has 0 aliphatic heterocycles. The first kappa shape index (κ1) is 33.9. The fraction of sp³-hybridized carbons (Fsp3) is 0. The highest BCUT2D eigenvalue weighted by Crippen LogP contribution is 2.44. The number of para-hydroxylation sites is 3. The average Bonchev–Trinajstić information content (AvgIpc) is 4.03. The highest BCUT2D eigenvalue weighted by atomic mass is 16.4. The fourth-order valence-electron chi connectivity index (χ4n) is 8.83. The molecular formula is C55H35N3O2. The maximum atomic E-state index is 6.48. The number of hydrogen-bond acceptors (Lipinski definition) is 4. The molecule has 0 saturated carbocycles. The summed E-state index contributed by atoms with van der Waals surface area (Å²) in [4.78, 5) is 7.31. The van der Waals surface area contributed by atoms with Crippen molar-refractivity contribution in [1.82, 2.24) is 9.55 Å². The van der Waals surface area contributed by atoms with Crippen molar-refractivity contribution < 1.29 is 8.83 Å². The van der Waals surface area contributed by atoms with E-state index in [1.165, 1.54) is 27.4 Å². The lowest BCUT2D eigenvalue weighted by atomic mass is 10.0. The number of fused-ring (bicyclic) bond motifs is 8. The van der Waals surface area contributed by atoms with Gasteiger partial charge >= 0.3 is 0 Å². The third kappa shape index (κ3) is 5.52. The Labute approximate surface area is 345 Å². The van der Waals surface area contributed by atoms with Crippen LogP contribution in [-0.4, -0.2) is 9.55 Å². The van der Waals surface area contributed by atoms with Gasteiger partial charge in [-0.05, 0) is 107 Å². The van der Waals surface area contributed by atoms with Gasteiger partial charge in [0.1, 0.15) is 16.7 Å². The highest BCUT2D eigenvalue weighted by Gasteiger charge is 2.22. The number of hydrogen-bond donors (Lipinski definition) is 0. The minimum absolute atomic E-state index is 0.600. The first-order valence-corrected chi connectivity index (χ1v) is 20.2. The van der Waals surface area contributed by atoms with Crippen LogP contribution in [0.5, 0.6) is 0 Å². The number of rotatable bonds is 7. The average molecular weight is 770 g/mol. The molecule has 0 unspecified atom stereocenters. The molecule has 0 saturated heterocycles. The predicted molar refractivity (Wildman–Crippen MR) is 247 cm³/mol. The van der Waals surface area contributed by atoms with Gasteiger partial charge in [0.25, 0.3) is 0 Å². The molecule has 3 aromatic heterocycles. The lowest BCUT2D eigenvalue weighted by Crippen LogP contribution is -2.11. The minimum atomic E-state index is 0.600. The van der Waals surface area contributed by atoms with E-state index in [1.54, 1.807) is 0 Å². The molecule has 0 bridgehead atoms. The van der Waals surface area contributed by atoms with Gasteiger partial charge in [-0.2, -0.15) is 0 Å². The second kappa shape index (κ2) is 13.8.